The van der Waals surface area contributed by atoms with E-state index >= 15 is 0 Å². The molecule has 0 amide bonds. The van der Waals surface area contributed by atoms with Crippen LogP contribution in [0.4, 0.5) is 13.2 Å². The molecule has 0 N–H and O–H groups in total. The number of ether oxygens (including phenoxy) is 1. The van der Waals surface area contributed by atoms with E-state index in [1.165, 1.54) is 12.5 Å². The van der Waals surface area contributed by atoms with E-state index in [4.69, 9.17) is 4.74 Å². The smallest absolute Gasteiger partial charge is 0.433 e. The molecule has 0 aromatic carbocycles. The molecule has 1 aromatic heterocycles. The molecule has 1 aliphatic rings. The highest BCUT2D eigenvalue weighted by Crippen LogP contribution is 2.29. The highest BCUT2D eigenvalue weighted by atomic mass is 19.4. The van der Waals surface area contributed by atoms with Crippen molar-refractivity contribution in [3.8, 4) is 5.75 Å². The van der Waals surface area contributed by atoms with Crippen molar-refractivity contribution in [2.24, 2.45) is 0 Å². The Morgan fingerprint density at radius 1 is 1.12 bits per heavy atom. The van der Waals surface area contributed by atoms with E-state index in [9.17, 15) is 13.2 Å². The lowest BCUT2D eigenvalue weighted by Crippen LogP contribution is -2.19. The predicted octanol–water partition coefficient (Wildman–Crippen LogP) is 3.81. The SMILES string of the molecule is FC(F)(F)c1ccc(OC2CCCCC2)cn1. The first kappa shape index (κ1) is 12.2. The lowest BCUT2D eigenvalue weighted by molar-refractivity contribution is -0.141. The molecule has 0 aliphatic heterocycles. The van der Waals surface area contributed by atoms with Gasteiger partial charge < -0.3 is 4.74 Å². The van der Waals surface area contributed by atoms with E-state index in [0.717, 1.165) is 37.9 Å². The van der Waals surface area contributed by atoms with Gasteiger partial charge >= 0.3 is 6.18 Å². The zero-order valence-corrected chi connectivity index (χ0v) is 9.33. The Morgan fingerprint density at radius 2 is 1.82 bits per heavy atom. The number of halogens is 3. The summed E-state index contributed by atoms with van der Waals surface area (Å²) in [6.07, 6.45) is 2.30. The molecule has 0 unspecified atom stereocenters. The van der Waals surface area contributed by atoms with Crippen LogP contribution in [0.3, 0.4) is 0 Å². The number of nitrogens with zero attached hydrogens (tertiary/aromatic N) is 1. The van der Waals surface area contributed by atoms with Gasteiger partial charge in [-0.3, -0.25) is 0 Å². The third kappa shape index (κ3) is 3.35. The van der Waals surface area contributed by atoms with Crippen LogP contribution in [-0.4, -0.2) is 11.1 Å². The minimum Gasteiger partial charge on any atom is -0.489 e. The molecule has 2 rings (SSSR count). The molecule has 1 fully saturated rings. The molecular weight excluding hydrogens is 231 g/mol. The van der Waals surface area contributed by atoms with Crippen LogP contribution < -0.4 is 4.74 Å². The van der Waals surface area contributed by atoms with Crippen LogP contribution in [0, 0.1) is 0 Å². The van der Waals surface area contributed by atoms with Gasteiger partial charge in [-0.15, -0.1) is 0 Å². The van der Waals surface area contributed by atoms with E-state index in [2.05, 4.69) is 4.98 Å². The number of hydrogen-bond donors (Lipinski definition) is 0. The van der Waals surface area contributed by atoms with Crippen molar-refractivity contribution in [2.45, 2.75) is 44.4 Å². The zero-order chi connectivity index (χ0) is 12.3. The second-order valence-electron chi connectivity index (χ2n) is 4.25. The fourth-order valence-corrected chi connectivity index (χ4v) is 1.99. The Kier molecular flexibility index (Phi) is 3.54. The Morgan fingerprint density at radius 3 is 2.35 bits per heavy atom. The molecule has 17 heavy (non-hydrogen) atoms. The van der Waals surface area contributed by atoms with Crippen molar-refractivity contribution >= 4 is 0 Å². The van der Waals surface area contributed by atoms with Crippen LogP contribution in [0.15, 0.2) is 18.3 Å². The van der Waals surface area contributed by atoms with Crippen LogP contribution in [-0.2, 0) is 6.18 Å². The maximum absolute atomic E-state index is 12.3. The molecule has 1 aliphatic carbocycles. The summed E-state index contributed by atoms with van der Waals surface area (Å²) in [6, 6.07) is 2.29. The molecule has 0 spiro atoms. The number of hydrogen-bond acceptors (Lipinski definition) is 2. The Bertz CT molecular complexity index is 355. The molecular formula is C12H14F3NO. The molecule has 0 atom stereocenters. The van der Waals surface area contributed by atoms with Gasteiger partial charge in [-0.05, 0) is 37.8 Å². The maximum Gasteiger partial charge on any atom is 0.433 e. The summed E-state index contributed by atoms with van der Waals surface area (Å²) in [5.74, 6) is 0.421. The van der Waals surface area contributed by atoms with Gasteiger partial charge in [0.05, 0.1) is 12.3 Å². The van der Waals surface area contributed by atoms with E-state index < -0.39 is 11.9 Å². The van der Waals surface area contributed by atoms with Gasteiger partial charge in [0.25, 0.3) is 0 Å². The summed E-state index contributed by atoms with van der Waals surface area (Å²) in [4.78, 5) is 3.37. The lowest BCUT2D eigenvalue weighted by atomic mass is 9.98. The van der Waals surface area contributed by atoms with Gasteiger partial charge in [0.1, 0.15) is 11.4 Å². The monoisotopic (exact) mass is 245 g/mol. The van der Waals surface area contributed by atoms with Crippen molar-refractivity contribution in [2.75, 3.05) is 0 Å². The largest absolute Gasteiger partial charge is 0.489 e. The van der Waals surface area contributed by atoms with Gasteiger partial charge in [-0.2, -0.15) is 13.2 Å². The van der Waals surface area contributed by atoms with Crippen LogP contribution >= 0.6 is 0 Å². The molecule has 5 heteroatoms. The summed E-state index contributed by atoms with van der Waals surface area (Å²) in [5, 5.41) is 0. The highest BCUT2D eigenvalue weighted by molar-refractivity contribution is 5.21. The van der Waals surface area contributed by atoms with E-state index in [-0.39, 0.29) is 6.10 Å². The highest BCUT2D eigenvalue weighted by Gasteiger charge is 2.32. The summed E-state index contributed by atoms with van der Waals surface area (Å²) in [7, 11) is 0. The topological polar surface area (TPSA) is 22.1 Å². The molecule has 1 saturated carbocycles. The minimum atomic E-state index is -4.39. The van der Waals surface area contributed by atoms with E-state index in [1.807, 2.05) is 0 Å². The molecule has 2 nitrogen and oxygen atoms in total. The summed E-state index contributed by atoms with van der Waals surface area (Å²) in [5.41, 5.74) is -0.881. The summed E-state index contributed by atoms with van der Waals surface area (Å²) >= 11 is 0. The number of pyridine rings is 1. The normalized spacial score (nSPS) is 18.1. The fourth-order valence-electron chi connectivity index (χ4n) is 1.99. The Balaban J connectivity index is 1.98. The standard InChI is InChI=1S/C12H14F3NO/c13-12(14,15)11-7-6-10(8-16-11)17-9-4-2-1-3-5-9/h6-9H,1-5H2. The second kappa shape index (κ2) is 4.94. The predicted molar refractivity (Wildman–Crippen MR) is 56.7 cm³/mol. The van der Waals surface area contributed by atoms with Gasteiger partial charge in [0.2, 0.25) is 0 Å². The number of rotatable bonds is 2. The fraction of sp³-hybridized carbons (Fsp3) is 0.583. The second-order valence-corrected chi connectivity index (χ2v) is 4.25. The molecule has 0 bridgehead atoms. The molecule has 1 aromatic rings. The van der Waals surface area contributed by atoms with Gasteiger partial charge in [0.15, 0.2) is 0 Å². The van der Waals surface area contributed by atoms with Crippen LogP contribution in [0.1, 0.15) is 37.8 Å². The van der Waals surface area contributed by atoms with Gasteiger partial charge in [0, 0.05) is 0 Å². The average molecular weight is 245 g/mol. The van der Waals surface area contributed by atoms with E-state index in [1.54, 1.807) is 0 Å². The van der Waals surface area contributed by atoms with Crippen molar-refractivity contribution < 1.29 is 17.9 Å². The first-order chi connectivity index (χ1) is 8.05. The third-order valence-electron chi connectivity index (χ3n) is 2.88. The first-order valence-electron chi connectivity index (χ1n) is 5.75. The quantitative estimate of drug-likeness (QED) is 0.790. The molecule has 1 heterocycles. The summed E-state index contributed by atoms with van der Waals surface area (Å²) < 4.78 is 42.4. The van der Waals surface area contributed by atoms with Crippen LogP contribution in [0.5, 0.6) is 5.75 Å². The Labute approximate surface area is 97.8 Å². The molecule has 0 radical (unpaired) electrons. The average Bonchev–Trinajstić information content (AvgIpc) is 2.30. The van der Waals surface area contributed by atoms with Crippen LogP contribution in [0.2, 0.25) is 0 Å². The van der Waals surface area contributed by atoms with Gasteiger partial charge in [-0.25, -0.2) is 4.98 Å². The van der Waals surface area contributed by atoms with Gasteiger partial charge in [-0.1, -0.05) is 6.42 Å². The summed E-state index contributed by atoms with van der Waals surface area (Å²) in [6.45, 7) is 0. The Hall–Kier alpha value is -1.26. The lowest BCUT2D eigenvalue weighted by Gasteiger charge is -2.22. The van der Waals surface area contributed by atoms with Crippen molar-refractivity contribution in [3.63, 3.8) is 0 Å². The third-order valence-corrected chi connectivity index (χ3v) is 2.88. The number of aromatic nitrogens is 1. The van der Waals surface area contributed by atoms with E-state index in [0.29, 0.717) is 5.75 Å². The number of alkyl halides is 3. The van der Waals surface area contributed by atoms with Crippen LogP contribution in [0.25, 0.3) is 0 Å². The maximum atomic E-state index is 12.3. The molecule has 94 valence electrons. The van der Waals surface area contributed by atoms with Crippen molar-refractivity contribution in [1.29, 1.82) is 0 Å². The van der Waals surface area contributed by atoms with Crippen molar-refractivity contribution in [3.05, 3.63) is 24.0 Å². The minimum absolute atomic E-state index is 0.127. The van der Waals surface area contributed by atoms with Crippen molar-refractivity contribution in [1.82, 2.24) is 4.98 Å². The molecule has 0 saturated heterocycles. The first-order valence-corrected chi connectivity index (χ1v) is 5.75. The zero-order valence-electron chi connectivity index (χ0n) is 9.33.